The number of aryl methyl sites for hydroxylation is 1. The fraction of sp³-hybridized carbons (Fsp3) is 0.438. The zero-order valence-electron chi connectivity index (χ0n) is 23.6. The van der Waals surface area contributed by atoms with Crippen molar-refractivity contribution in [3.63, 3.8) is 0 Å². The standard InChI is InChI=1S/C32H36N6O3/c1-4-29(39)38-16-15-37(20-24(38)19-33-3)31-26-13-14-36(28-10-6-9-23-8-5-7-22(2)30(23)28)21-27(26)34-32(35-31)41-18-17-40-25-11-12-25/h4-10,24-25H,1,11-21H2,2H3. The summed E-state index contributed by atoms with van der Waals surface area (Å²) in [6.45, 7) is 17.6. The summed E-state index contributed by atoms with van der Waals surface area (Å²) in [5.74, 6) is 0.714. The summed E-state index contributed by atoms with van der Waals surface area (Å²) in [4.78, 5) is 32.3. The Labute approximate surface area is 241 Å². The molecule has 2 fully saturated rings. The van der Waals surface area contributed by atoms with E-state index in [4.69, 9.17) is 26.0 Å². The molecule has 1 saturated heterocycles. The highest BCUT2D eigenvalue weighted by molar-refractivity contribution is 5.97. The average Bonchev–Trinajstić information content (AvgIpc) is 3.83. The van der Waals surface area contributed by atoms with Crippen LogP contribution in [0.2, 0.25) is 0 Å². The molecular formula is C32H36N6O3. The van der Waals surface area contributed by atoms with Crippen LogP contribution >= 0.6 is 0 Å². The van der Waals surface area contributed by atoms with Crippen LogP contribution < -0.4 is 14.5 Å². The van der Waals surface area contributed by atoms with Crippen molar-refractivity contribution in [2.75, 3.05) is 55.7 Å². The van der Waals surface area contributed by atoms with Gasteiger partial charge in [-0.05, 0) is 49.3 Å². The Morgan fingerprint density at radius 3 is 2.73 bits per heavy atom. The monoisotopic (exact) mass is 552 g/mol. The van der Waals surface area contributed by atoms with Crippen molar-refractivity contribution in [2.24, 2.45) is 0 Å². The maximum absolute atomic E-state index is 12.5. The summed E-state index contributed by atoms with van der Waals surface area (Å²) in [6, 6.07) is 13.0. The smallest absolute Gasteiger partial charge is 0.318 e. The highest BCUT2D eigenvalue weighted by atomic mass is 16.5. The lowest BCUT2D eigenvalue weighted by Gasteiger charge is -2.41. The molecule has 3 aliphatic rings. The maximum Gasteiger partial charge on any atom is 0.318 e. The minimum Gasteiger partial charge on any atom is -0.461 e. The Morgan fingerprint density at radius 2 is 1.95 bits per heavy atom. The van der Waals surface area contributed by atoms with Gasteiger partial charge in [0.25, 0.3) is 0 Å². The van der Waals surface area contributed by atoms with E-state index in [2.05, 4.69) is 64.5 Å². The van der Waals surface area contributed by atoms with Crippen LogP contribution in [0.1, 0.15) is 29.7 Å². The molecule has 0 radical (unpaired) electrons. The number of nitrogens with zero attached hydrogens (tertiary/aromatic N) is 6. The largest absolute Gasteiger partial charge is 0.461 e. The highest BCUT2D eigenvalue weighted by Gasteiger charge is 2.35. The van der Waals surface area contributed by atoms with Gasteiger partial charge in [0.1, 0.15) is 18.5 Å². The van der Waals surface area contributed by atoms with E-state index in [0.29, 0.717) is 51.5 Å². The van der Waals surface area contributed by atoms with Crippen molar-refractivity contribution in [3.05, 3.63) is 77.3 Å². The van der Waals surface area contributed by atoms with Gasteiger partial charge in [-0.25, -0.2) is 6.57 Å². The van der Waals surface area contributed by atoms with E-state index in [1.165, 1.54) is 28.1 Å². The van der Waals surface area contributed by atoms with Crippen LogP contribution in [-0.2, 0) is 22.5 Å². The SMILES string of the molecule is [C-]#[N+]CC1CN(c2nc(OCCOC3CC3)nc3c2CCN(c2cccc4cccc(C)c24)C3)CCN1C(=O)C=C. The molecular weight excluding hydrogens is 516 g/mol. The molecule has 1 saturated carbocycles. The molecule has 1 unspecified atom stereocenters. The van der Waals surface area contributed by atoms with Gasteiger partial charge in [-0.2, -0.15) is 9.97 Å². The Bertz CT molecular complexity index is 1490. The first-order valence-electron chi connectivity index (χ1n) is 14.4. The number of carbonyl (C=O) groups excluding carboxylic acids is 1. The highest BCUT2D eigenvalue weighted by Crippen LogP contribution is 2.36. The summed E-state index contributed by atoms with van der Waals surface area (Å²) < 4.78 is 11.8. The van der Waals surface area contributed by atoms with Gasteiger partial charge in [0.2, 0.25) is 12.5 Å². The number of fused-ring (bicyclic) bond motifs is 2. The quantitative estimate of drug-likeness (QED) is 0.224. The molecule has 6 rings (SSSR count). The van der Waals surface area contributed by atoms with E-state index in [1.54, 1.807) is 4.90 Å². The van der Waals surface area contributed by atoms with Crippen molar-refractivity contribution in [3.8, 4) is 6.01 Å². The number of amides is 1. The number of rotatable bonds is 9. The summed E-state index contributed by atoms with van der Waals surface area (Å²) in [6.07, 6.45) is 4.73. The second kappa shape index (κ2) is 11.8. The lowest BCUT2D eigenvalue weighted by atomic mass is 9.99. The van der Waals surface area contributed by atoms with E-state index < -0.39 is 0 Å². The molecule has 0 N–H and O–H groups in total. The molecule has 9 heteroatoms. The van der Waals surface area contributed by atoms with Gasteiger partial charge in [-0.15, -0.1) is 0 Å². The number of carbonyl (C=O) groups is 1. The fourth-order valence-corrected chi connectivity index (χ4v) is 5.99. The zero-order valence-corrected chi connectivity index (χ0v) is 23.6. The van der Waals surface area contributed by atoms with Crippen LogP contribution in [0, 0.1) is 13.5 Å². The van der Waals surface area contributed by atoms with E-state index in [-0.39, 0.29) is 18.5 Å². The molecule has 212 valence electrons. The molecule has 1 aromatic heterocycles. The Kier molecular flexibility index (Phi) is 7.75. The molecule has 2 aromatic carbocycles. The van der Waals surface area contributed by atoms with Crippen molar-refractivity contribution in [1.82, 2.24) is 14.9 Å². The molecule has 3 heterocycles. The topological polar surface area (TPSA) is 75.4 Å². The van der Waals surface area contributed by atoms with Crippen LogP contribution in [0.5, 0.6) is 6.01 Å². The number of hydrogen-bond acceptors (Lipinski definition) is 7. The van der Waals surface area contributed by atoms with E-state index in [1.807, 2.05) is 0 Å². The van der Waals surface area contributed by atoms with Gasteiger partial charge in [0.15, 0.2) is 0 Å². The molecule has 1 amide bonds. The third-order valence-corrected chi connectivity index (χ3v) is 8.19. The third kappa shape index (κ3) is 5.70. The van der Waals surface area contributed by atoms with Crippen molar-refractivity contribution in [2.45, 2.75) is 44.9 Å². The predicted octanol–water partition coefficient (Wildman–Crippen LogP) is 4.18. The normalized spacial score (nSPS) is 18.6. The van der Waals surface area contributed by atoms with Crippen molar-refractivity contribution in [1.29, 1.82) is 0 Å². The number of ether oxygens (including phenoxy) is 2. The van der Waals surface area contributed by atoms with Crippen molar-refractivity contribution >= 4 is 28.2 Å². The molecule has 3 aromatic rings. The van der Waals surface area contributed by atoms with E-state index in [0.717, 1.165) is 42.9 Å². The van der Waals surface area contributed by atoms with Gasteiger partial charge >= 0.3 is 6.01 Å². The van der Waals surface area contributed by atoms with Crippen LogP contribution in [0.3, 0.4) is 0 Å². The molecule has 0 bridgehead atoms. The molecule has 0 spiro atoms. The molecule has 1 aliphatic carbocycles. The van der Waals surface area contributed by atoms with Gasteiger partial charge in [-0.3, -0.25) is 4.79 Å². The summed E-state index contributed by atoms with van der Waals surface area (Å²) in [5, 5.41) is 2.50. The minimum atomic E-state index is -0.229. The summed E-state index contributed by atoms with van der Waals surface area (Å²) >= 11 is 0. The van der Waals surface area contributed by atoms with E-state index in [9.17, 15) is 4.79 Å². The molecule has 2 aliphatic heterocycles. The molecule has 9 nitrogen and oxygen atoms in total. The first kappa shape index (κ1) is 27.0. The van der Waals surface area contributed by atoms with Crippen LogP contribution in [0.25, 0.3) is 15.6 Å². The Balaban J connectivity index is 1.31. The average molecular weight is 553 g/mol. The summed E-state index contributed by atoms with van der Waals surface area (Å²) in [5.41, 5.74) is 4.53. The van der Waals surface area contributed by atoms with Gasteiger partial charge < -0.3 is 29.0 Å². The first-order valence-corrected chi connectivity index (χ1v) is 14.4. The maximum atomic E-state index is 12.5. The van der Waals surface area contributed by atoms with Gasteiger partial charge in [0, 0.05) is 42.8 Å². The number of hydrogen-bond donors (Lipinski definition) is 0. The predicted molar refractivity (Wildman–Crippen MR) is 159 cm³/mol. The first-order chi connectivity index (χ1) is 20.1. The van der Waals surface area contributed by atoms with Crippen molar-refractivity contribution < 1.29 is 14.3 Å². The summed E-state index contributed by atoms with van der Waals surface area (Å²) in [7, 11) is 0. The van der Waals surface area contributed by atoms with Crippen LogP contribution in [-0.4, -0.2) is 78.9 Å². The Morgan fingerprint density at radius 1 is 1.12 bits per heavy atom. The van der Waals surface area contributed by atoms with E-state index >= 15 is 0 Å². The molecule has 41 heavy (non-hydrogen) atoms. The minimum absolute atomic E-state index is 0.135. The number of piperazine rings is 1. The number of aromatic nitrogens is 2. The second-order valence-corrected chi connectivity index (χ2v) is 11.0. The number of anilines is 2. The zero-order chi connectivity index (χ0) is 28.3. The lowest BCUT2D eigenvalue weighted by molar-refractivity contribution is -0.128. The van der Waals surface area contributed by atoms with Crippen LogP contribution in [0.4, 0.5) is 11.5 Å². The Hall–Kier alpha value is -4.16. The van der Waals surface area contributed by atoms with Gasteiger partial charge in [0.05, 0.1) is 24.9 Å². The fourth-order valence-electron chi connectivity index (χ4n) is 5.99. The third-order valence-electron chi connectivity index (χ3n) is 8.19. The number of benzene rings is 2. The molecule has 1 atom stereocenters. The lowest BCUT2D eigenvalue weighted by Crippen LogP contribution is -2.56. The second-order valence-electron chi connectivity index (χ2n) is 11.0. The van der Waals surface area contributed by atoms with Gasteiger partial charge in [-0.1, -0.05) is 36.9 Å². The van der Waals surface area contributed by atoms with Crippen LogP contribution in [0.15, 0.2) is 49.1 Å².